The predicted octanol–water partition coefficient (Wildman–Crippen LogP) is 8.55. The van der Waals surface area contributed by atoms with Gasteiger partial charge in [0, 0.05) is 33.9 Å². The summed E-state index contributed by atoms with van der Waals surface area (Å²) in [6.45, 7) is 38.2. The molecule has 0 N–H and O–H groups in total. The van der Waals surface area contributed by atoms with Gasteiger partial charge in [0.15, 0.2) is 0 Å². The number of hydrogen-bond donors (Lipinski definition) is 0. The standard InChI is InChI=1S/C16H21NO.2C14H18N2O/c1-8-10(3)14(7)17-15(11(8)4)12(5)9(2)13(6)16(17)18;1-7-8(2)12(6)16-13(9(7)3)10(4)15-11(5)14(16)17;1-7-8(2)13-15-11(5)10(4)12(6)16(13)14(17)9(7)3/h1-7H3;2*1-6H3. The van der Waals surface area contributed by atoms with Gasteiger partial charge >= 0.3 is 0 Å². The summed E-state index contributed by atoms with van der Waals surface area (Å²) in [6.07, 6.45) is 0. The molecule has 8 heteroatoms. The largest absolute Gasteiger partial charge is 0.281 e. The van der Waals surface area contributed by atoms with Gasteiger partial charge in [0.25, 0.3) is 16.7 Å². The summed E-state index contributed by atoms with van der Waals surface area (Å²) in [5.41, 5.74) is 23.1. The minimum atomic E-state index is -0.00528. The maximum Gasteiger partial charge on any atom is 0.276 e. The van der Waals surface area contributed by atoms with E-state index in [4.69, 9.17) is 0 Å². The normalized spacial score (nSPS) is 11.2. The number of nitrogens with zero attached hydrogens (tertiary/aromatic N) is 5. The van der Waals surface area contributed by atoms with E-state index in [1.54, 1.807) is 15.7 Å². The fourth-order valence-electron chi connectivity index (χ4n) is 7.32. The van der Waals surface area contributed by atoms with Crippen LogP contribution in [0, 0.1) is 132 Å². The molecule has 0 bridgehead atoms. The number of fused-ring (bicyclic) bond motifs is 3. The van der Waals surface area contributed by atoms with Crippen LogP contribution in [0.25, 0.3) is 16.7 Å². The SMILES string of the molecule is Cc1c(C)c(C)n2c(=O)c(C)c(C)c(C)c2c1C.Cc1c(C)c(C)n2c(=O)c(C)nc(C)c2c1C.Cc1nc2c(C)c(C)c(C)c(=O)n2c(C)c1C. The lowest BCUT2D eigenvalue weighted by atomic mass is 9.96. The van der Waals surface area contributed by atoms with Crippen LogP contribution in [-0.2, 0) is 0 Å². The Balaban J connectivity index is 0.000000175. The summed E-state index contributed by atoms with van der Waals surface area (Å²) in [4.78, 5) is 45.9. The van der Waals surface area contributed by atoms with Crippen LogP contribution < -0.4 is 16.7 Å². The Bertz CT molecular complexity index is 2660. The zero-order valence-corrected chi connectivity index (χ0v) is 35.0. The second-order valence-corrected chi connectivity index (χ2v) is 14.8. The third kappa shape index (κ3) is 6.20. The molecule has 0 aliphatic carbocycles. The molecule has 0 saturated carbocycles. The van der Waals surface area contributed by atoms with E-state index in [0.29, 0.717) is 5.69 Å². The van der Waals surface area contributed by atoms with Gasteiger partial charge in [-0.1, -0.05) is 0 Å². The Morgan fingerprint density at radius 2 is 0.654 bits per heavy atom. The van der Waals surface area contributed by atoms with Crippen molar-refractivity contribution in [3.8, 4) is 0 Å². The number of pyridine rings is 4. The predicted molar refractivity (Wildman–Crippen MR) is 217 cm³/mol. The molecule has 6 aromatic heterocycles. The molecular formula is C44H57N5O3. The summed E-state index contributed by atoms with van der Waals surface area (Å²) >= 11 is 0. The van der Waals surface area contributed by atoms with Crippen molar-refractivity contribution in [2.45, 2.75) is 132 Å². The van der Waals surface area contributed by atoms with Crippen molar-refractivity contribution in [2.75, 3.05) is 0 Å². The van der Waals surface area contributed by atoms with Crippen LogP contribution in [0.4, 0.5) is 0 Å². The molecule has 6 heterocycles. The third-order valence-electron chi connectivity index (χ3n) is 12.2. The monoisotopic (exact) mass is 703 g/mol. The van der Waals surface area contributed by atoms with E-state index in [9.17, 15) is 14.4 Å². The Kier molecular flexibility index (Phi) is 11.0. The lowest BCUT2D eigenvalue weighted by Gasteiger charge is -2.19. The van der Waals surface area contributed by atoms with Gasteiger partial charge in [-0.05, 0) is 193 Å². The zero-order chi connectivity index (χ0) is 39.6. The molecule has 52 heavy (non-hydrogen) atoms. The van der Waals surface area contributed by atoms with Crippen LogP contribution in [0.15, 0.2) is 14.4 Å². The van der Waals surface area contributed by atoms with Crippen LogP contribution in [0.3, 0.4) is 0 Å². The third-order valence-corrected chi connectivity index (χ3v) is 12.2. The molecule has 0 atom stereocenters. The number of aryl methyl sites for hydroxylation is 10. The lowest BCUT2D eigenvalue weighted by molar-refractivity contribution is 0.916. The van der Waals surface area contributed by atoms with Gasteiger partial charge in [0.1, 0.15) is 11.3 Å². The molecule has 0 aliphatic heterocycles. The fraction of sp³-hybridized carbons (Fsp3) is 0.432. The molecule has 0 fully saturated rings. The van der Waals surface area contributed by atoms with E-state index in [1.165, 1.54) is 33.4 Å². The highest BCUT2D eigenvalue weighted by molar-refractivity contribution is 5.67. The summed E-state index contributed by atoms with van der Waals surface area (Å²) < 4.78 is 5.42. The van der Waals surface area contributed by atoms with Gasteiger partial charge in [-0.3, -0.25) is 32.6 Å². The van der Waals surface area contributed by atoms with Crippen molar-refractivity contribution >= 4 is 16.7 Å². The first-order chi connectivity index (χ1) is 24.0. The van der Waals surface area contributed by atoms with E-state index >= 15 is 0 Å². The first kappa shape index (κ1) is 39.9. The van der Waals surface area contributed by atoms with E-state index in [2.05, 4.69) is 58.4 Å². The molecule has 0 aliphatic rings. The Morgan fingerprint density at radius 1 is 0.288 bits per heavy atom. The topological polar surface area (TPSA) is 90.2 Å². The highest BCUT2D eigenvalue weighted by Crippen LogP contribution is 2.26. The van der Waals surface area contributed by atoms with Crippen LogP contribution in [-0.4, -0.2) is 23.2 Å². The summed E-state index contributed by atoms with van der Waals surface area (Å²) in [5.74, 6) is 0. The van der Waals surface area contributed by atoms with Gasteiger partial charge in [0.2, 0.25) is 0 Å². The van der Waals surface area contributed by atoms with Crippen molar-refractivity contribution in [2.24, 2.45) is 0 Å². The maximum atomic E-state index is 12.5. The highest BCUT2D eigenvalue weighted by Gasteiger charge is 2.17. The second kappa shape index (κ2) is 14.3. The highest BCUT2D eigenvalue weighted by atomic mass is 16.1. The molecule has 0 amide bonds. The van der Waals surface area contributed by atoms with Gasteiger partial charge in [-0.2, -0.15) is 0 Å². The van der Waals surface area contributed by atoms with Crippen molar-refractivity contribution in [1.82, 2.24) is 23.2 Å². The average Bonchev–Trinajstić information content (AvgIpc) is 3.10. The minimum absolute atomic E-state index is 0.00528. The first-order valence-electron chi connectivity index (χ1n) is 18.0. The van der Waals surface area contributed by atoms with Crippen molar-refractivity contribution in [1.29, 1.82) is 0 Å². The number of rotatable bonds is 0. The average molecular weight is 704 g/mol. The molecule has 0 radical (unpaired) electrons. The van der Waals surface area contributed by atoms with Gasteiger partial charge in [-0.15, -0.1) is 0 Å². The first-order valence-corrected chi connectivity index (χ1v) is 18.0. The zero-order valence-electron chi connectivity index (χ0n) is 35.0. The molecule has 8 nitrogen and oxygen atoms in total. The van der Waals surface area contributed by atoms with Crippen molar-refractivity contribution in [3.63, 3.8) is 0 Å². The lowest BCUT2D eigenvalue weighted by Crippen LogP contribution is -2.23. The Morgan fingerprint density at radius 3 is 1.13 bits per heavy atom. The molecule has 0 unspecified atom stereocenters. The summed E-state index contributed by atoms with van der Waals surface area (Å²) in [7, 11) is 0. The van der Waals surface area contributed by atoms with Crippen molar-refractivity contribution in [3.05, 3.63) is 138 Å². The second-order valence-electron chi connectivity index (χ2n) is 14.8. The number of aromatic nitrogens is 5. The van der Waals surface area contributed by atoms with E-state index in [1.807, 2.05) is 80.6 Å². The van der Waals surface area contributed by atoms with Crippen LogP contribution in [0.2, 0.25) is 0 Å². The van der Waals surface area contributed by atoms with Crippen LogP contribution in [0.5, 0.6) is 0 Å². The summed E-state index contributed by atoms with van der Waals surface area (Å²) in [6, 6.07) is 0. The number of hydrogen-bond acceptors (Lipinski definition) is 5. The quantitative estimate of drug-likeness (QED) is 0.158. The maximum absolute atomic E-state index is 12.5. The fourth-order valence-corrected chi connectivity index (χ4v) is 7.32. The molecule has 276 valence electrons. The van der Waals surface area contributed by atoms with Crippen LogP contribution in [0.1, 0.15) is 106 Å². The van der Waals surface area contributed by atoms with Gasteiger partial charge in [0.05, 0.1) is 16.7 Å². The Hall–Kier alpha value is -4.85. The van der Waals surface area contributed by atoms with Gasteiger partial charge < -0.3 is 0 Å². The summed E-state index contributed by atoms with van der Waals surface area (Å²) in [5, 5.41) is 0. The van der Waals surface area contributed by atoms with Gasteiger partial charge in [-0.25, -0.2) is 4.98 Å². The molecular weight excluding hydrogens is 647 g/mol. The molecule has 0 aromatic carbocycles. The molecule has 6 aromatic rings. The minimum Gasteiger partial charge on any atom is -0.281 e. The van der Waals surface area contributed by atoms with E-state index in [0.717, 1.165) is 84.1 Å². The molecule has 6 rings (SSSR count). The van der Waals surface area contributed by atoms with Crippen LogP contribution >= 0.6 is 0 Å². The Labute approximate surface area is 308 Å². The van der Waals surface area contributed by atoms with Crippen molar-refractivity contribution < 1.29 is 0 Å². The smallest absolute Gasteiger partial charge is 0.276 e. The molecule has 0 spiro atoms. The van der Waals surface area contributed by atoms with E-state index in [-0.39, 0.29) is 16.7 Å². The van der Waals surface area contributed by atoms with E-state index < -0.39 is 0 Å². The molecule has 0 saturated heterocycles.